The van der Waals surface area contributed by atoms with Crippen molar-refractivity contribution in [3.05, 3.63) is 72.4 Å². The van der Waals surface area contributed by atoms with E-state index in [1.807, 2.05) is 0 Å². The maximum Gasteiger partial charge on any atom is 0.0387 e. The molecule has 1 aromatic carbocycles. The minimum atomic E-state index is 0.0585. The van der Waals surface area contributed by atoms with E-state index in [0.29, 0.717) is 5.92 Å². The van der Waals surface area contributed by atoms with E-state index in [2.05, 4.69) is 55.6 Å². The Morgan fingerprint density at radius 1 is 1.13 bits per heavy atom. The van der Waals surface area contributed by atoms with Gasteiger partial charge in [0.15, 0.2) is 0 Å². The monoisotopic (exact) mass is 194 g/mol. The molecule has 0 heteroatoms. The van der Waals surface area contributed by atoms with Gasteiger partial charge >= 0.3 is 0 Å². The Morgan fingerprint density at radius 3 is 2.47 bits per heavy atom. The second kappa shape index (κ2) is 2.73. The summed E-state index contributed by atoms with van der Waals surface area (Å²) in [5, 5.41) is 0. The predicted octanol–water partition coefficient (Wildman–Crippen LogP) is 3.63. The molecular formula is C15H14. The number of fused-ring (bicyclic) bond motifs is 2. The third-order valence-electron chi connectivity index (χ3n) is 3.82. The molecule has 0 amide bonds. The minimum Gasteiger partial charge on any atom is -0.0949 e. The SMILES string of the molecule is C=C1C(=C)C2(c3ccccc3)C=CC1C2. The molecule has 74 valence electrons. The summed E-state index contributed by atoms with van der Waals surface area (Å²) < 4.78 is 0. The Morgan fingerprint density at radius 2 is 1.87 bits per heavy atom. The van der Waals surface area contributed by atoms with Crippen LogP contribution in [0.2, 0.25) is 0 Å². The Balaban J connectivity index is 2.17. The maximum absolute atomic E-state index is 4.22. The first-order chi connectivity index (χ1) is 7.24. The Bertz CT molecular complexity index is 464. The first kappa shape index (κ1) is 8.72. The molecule has 2 unspecified atom stereocenters. The van der Waals surface area contributed by atoms with Crippen molar-refractivity contribution >= 4 is 0 Å². The highest BCUT2D eigenvalue weighted by molar-refractivity contribution is 5.59. The number of benzene rings is 1. The Kier molecular flexibility index (Phi) is 1.59. The molecule has 0 spiro atoms. The molecule has 1 aromatic rings. The standard InChI is InChI=1S/C15H14/c1-11-12(2)15(9-8-13(11)10-15)14-6-4-3-5-7-14/h3-9,13H,1-2,10H2. The van der Waals surface area contributed by atoms with E-state index in [4.69, 9.17) is 0 Å². The average Bonchev–Trinajstić information content (AvgIpc) is 2.82. The fraction of sp³-hybridized carbons (Fsp3) is 0.200. The lowest BCUT2D eigenvalue weighted by Crippen LogP contribution is -2.19. The zero-order valence-corrected chi connectivity index (χ0v) is 8.74. The zero-order chi connectivity index (χ0) is 10.5. The lowest BCUT2D eigenvalue weighted by molar-refractivity contribution is 0.636. The summed E-state index contributed by atoms with van der Waals surface area (Å²) in [7, 11) is 0. The molecule has 0 aliphatic heterocycles. The topological polar surface area (TPSA) is 0 Å². The van der Waals surface area contributed by atoms with E-state index in [0.717, 1.165) is 6.42 Å². The second-order valence-corrected chi connectivity index (χ2v) is 4.51. The molecule has 0 N–H and O–H groups in total. The van der Waals surface area contributed by atoms with E-state index >= 15 is 0 Å². The Labute approximate surface area is 90.6 Å². The van der Waals surface area contributed by atoms with Crippen molar-refractivity contribution in [3.63, 3.8) is 0 Å². The van der Waals surface area contributed by atoms with Gasteiger partial charge in [-0.3, -0.25) is 0 Å². The summed E-state index contributed by atoms with van der Waals surface area (Å²) in [5.41, 5.74) is 3.85. The maximum atomic E-state index is 4.22. The van der Waals surface area contributed by atoms with Gasteiger partial charge in [0, 0.05) is 11.3 Å². The molecule has 3 rings (SSSR count). The molecule has 1 saturated carbocycles. The van der Waals surface area contributed by atoms with Gasteiger partial charge in [-0.05, 0) is 23.1 Å². The molecular weight excluding hydrogens is 180 g/mol. The highest BCUT2D eigenvalue weighted by atomic mass is 14.5. The van der Waals surface area contributed by atoms with E-state index < -0.39 is 0 Å². The van der Waals surface area contributed by atoms with E-state index in [1.54, 1.807) is 0 Å². The van der Waals surface area contributed by atoms with Gasteiger partial charge in [0.05, 0.1) is 0 Å². The van der Waals surface area contributed by atoms with Gasteiger partial charge in [0.2, 0.25) is 0 Å². The number of hydrogen-bond donors (Lipinski definition) is 0. The zero-order valence-electron chi connectivity index (χ0n) is 8.74. The van der Waals surface area contributed by atoms with Crippen LogP contribution in [0.5, 0.6) is 0 Å². The summed E-state index contributed by atoms with van der Waals surface area (Å²) in [6, 6.07) is 10.6. The molecule has 0 heterocycles. The van der Waals surface area contributed by atoms with Gasteiger partial charge in [-0.25, -0.2) is 0 Å². The van der Waals surface area contributed by atoms with Crippen LogP contribution in [0, 0.1) is 5.92 Å². The molecule has 2 aliphatic rings. The molecule has 2 atom stereocenters. The van der Waals surface area contributed by atoms with E-state index in [-0.39, 0.29) is 5.41 Å². The van der Waals surface area contributed by atoms with Crippen molar-refractivity contribution in [1.29, 1.82) is 0 Å². The third-order valence-corrected chi connectivity index (χ3v) is 3.82. The van der Waals surface area contributed by atoms with Crippen LogP contribution in [0.25, 0.3) is 0 Å². The summed E-state index contributed by atoms with van der Waals surface area (Å²) in [4.78, 5) is 0. The fourth-order valence-corrected chi connectivity index (χ4v) is 2.86. The summed E-state index contributed by atoms with van der Waals surface area (Å²) >= 11 is 0. The number of hydrogen-bond acceptors (Lipinski definition) is 0. The third kappa shape index (κ3) is 0.967. The lowest BCUT2D eigenvalue weighted by Gasteiger charge is -2.26. The molecule has 0 radical (unpaired) electrons. The second-order valence-electron chi connectivity index (χ2n) is 4.51. The van der Waals surface area contributed by atoms with Crippen molar-refractivity contribution in [2.24, 2.45) is 5.92 Å². The first-order valence-corrected chi connectivity index (χ1v) is 5.37. The fourth-order valence-electron chi connectivity index (χ4n) is 2.86. The molecule has 0 nitrogen and oxygen atoms in total. The normalized spacial score (nSPS) is 32.7. The molecule has 1 fully saturated rings. The largest absolute Gasteiger partial charge is 0.0949 e. The van der Waals surface area contributed by atoms with Crippen molar-refractivity contribution < 1.29 is 0 Å². The first-order valence-electron chi connectivity index (χ1n) is 5.37. The molecule has 2 aliphatic carbocycles. The summed E-state index contributed by atoms with van der Waals surface area (Å²) in [5.74, 6) is 0.526. The Hall–Kier alpha value is -1.56. The highest BCUT2D eigenvalue weighted by Crippen LogP contribution is 2.55. The van der Waals surface area contributed by atoms with Gasteiger partial charge in [-0.15, -0.1) is 0 Å². The average molecular weight is 194 g/mol. The number of allylic oxidation sites excluding steroid dienone is 4. The van der Waals surface area contributed by atoms with E-state index in [9.17, 15) is 0 Å². The van der Waals surface area contributed by atoms with Crippen molar-refractivity contribution in [2.45, 2.75) is 11.8 Å². The highest BCUT2D eigenvalue weighted by Gasteiger charge is 2.46. The molecule has 0 aromatic heterocycles. The van der Waals surface area contributed by atoms with Crippen LogP contribution >= 0.6 is 0 Å². The summed E-state index contributed by atoms with van der Waals surface area (Å²) in [6.45, 7) is 8.35. The summed E-state index contributed by atoms with van der Waals surface area (Å²) in [6.07, 6.45) is 5.72. The van der Waals surface area contributed by atoms with Crippen LogP contribution in [0.15, 0.2) is 66.8 Å². The lowest BCUT2D eigenvalue weighted by atomic mass is 9.76. The number of rotatable bonds is 1. The van der Waals surface area contributed by atoms with Crippen LogP contribution in [-0.2, 0) is 5.41 Å². The van der Waals surface area contributed by atoms with Crippen LogP contribution in [0.4, 0.5) is 0 Å². The molecule has 2 bridgehead atoms. The van der Waals surface area contributed by atoms with Crippen LogP contribution in [0.3, 0.4) is 0 Å². The van der Waals surface area contributed by atoms with Gasteiger partial charge in [0.1, 0.15) is 0 Å². The molecule has 15 heavy (non-hydrogen) atoms. The van der Waals surface area contributed by atoms with Crippen molar-refractivity contribution in [3.8, 4) is 0 Å². The van der Waals surface area contributed by atoms with Crippen LogP contribution in [-0.4, -0.2) is 0 Å². The van der Waals surface area contributed by atoms with Crippen LogP contribution in [0.1, 0.15) is 12.0 Å². The molecule has 0 saturated heterocycles. The predicted molar refractivity (Wildman–Crippen MR) is 63.6 cm³/mol. The van der Waals surface area contributed by atoms with Crippen molar-refractivity contribution in [2.75, 3.05) is 0 Å². The van der Waals surface area contributed by atoms with Gasteiger partial charge in [-0.1, -0.05) is 55.6 Å². The van der Waals surface area contributed by atoms with Gasteiger partial charge in [-0.2, -0.15) is 0 Å². The smallest absolute Gasteiger partial charge is 0.0387 e. The van der Waals surface area contributed by atoms with Gasteiger partial charge < -0.3 is 0 Å². The quantitative estimate of drug-likeness (QED) is 0.599. The van der Waals surface area contributed by atoms with Gasteiger partial charge in [0.25, 0.3) is 0 Å². The minimum absolute atomic E-state index is 0.0585. The van der Waals surface area contributed by atoms with Crippen LogP contribution < -0.4 is 0 Å². The van der Waals surface area contributed by atoms with E-state index in [1.165, 1.54) is 16.7 Å². The van der Waals surface area contributed by atoms with Crippen molar-refractivity contribution in [1.82, 2.24) is 0 Å².